The second-order valence-electron chi connectivity index (χ2n) is 4.54. The van der Waals surface area contributed by atoms with E-state index in [2.05, 4.69) is 6.07 Å². The van der Waals surface area contributed by atoms with E-state index >= 15 is 0 Å². The Morgan fingerprint density at radius 1 is 1.33 bits per heavy atom. The molecule has 1 atom stereocenters. The number of hydrogen-bond donors (Lipinski definition) is 0. The van der Waals surface area contributed by atoms with Gasteiger partial charge in [-0.05, 0) is 6.42 Å². The van der Waals surface area contributed by atoms with Crippen LogP contribution in [0.2, 0.25) is 0 Å². The van der Waals surface area contributed by atoms with Crippen LogP contribution in [-0.4, -0.2) is 68.4 Å². The van der Waals surface area contributed by atoms with Gasteiger partial charge in [-0.1, -0.05) is 6.92 Å². The van der Waals surface area contributed by atoms with E-state index in [1.54, 1.807) is 4.90 Å². The van der Waals surface area contributed by atoms with Crippen LogP contribution in [0.25, 0.3) is 0 Å². The lowest BCUT2D eigenvalue weighted by Gasteiger charge is -2.36. The average Bonchev–Trinajstić information content (AvgIpc) is 2.29. The summed E-state index contributed by atoms with van der Waals surface area (Å²) < 4.78 is 22.1. The normalized spacial score (nSPS) is 19.3. The molecule has 1 unspecified atom stereocenters. The number of sulfone groups is 1. The second kappa shape index (κ2) is 6.16. The average molecular weight is 273 g/mol. The fourth-order valence-corrected chi connectivity index (χ4v) is 2.66. The third-order valence-corrected chi connectivity index (χ3v) is 3.80. The van der Waals surface area contributed by atoms with E-state index in [1.165, 1.54) is 0 Å². The second-order valence-corrected chi connectivity index (χ2v) is 6.68. The van der Waals surface area contributed by atoms with Crippen molar-refractivity contribution in [3.8, 4) is 6.07 Å². The first kappa shape index (κ1) is 14.9. The summed E-state index contributed by atoms with van der Waals surface area (Å²) in [4.78, 5) is 15.3. The van der Waals surface area contributed by atoms with Gasteiger partial charge in [0.15, 0.2) is 9.84 Å². The Morgan fingerprint density at radius 3 is 2.28 bits per heavy atom. The monoisotopic (exact) mass is 273 g/mol. The van der Waals surface area contributed by atoms with E-state index in [4.69, 9.17) is 5.26 Å². The van der Waals surface area contributed by atoms with Crippen molar-refractivity contribution in [2.45, 2.75) is 19.4 Å². The maximum Gasteiger partial charge on any atom is 0.237 e. The Hall–Kier alpha value is -1.13. The highest BCUT2D eigenvalue weighted by atomic mass is 32.2. The van der Waals surface area contributed by atoms with Gasteiger partial charge < -0.3 is 4.90 Å². The molecule has 0 saturated carbocycles. The minimum absolute atomic E-state index is 0.114. The highest BCUT2D eigenvalue weighted by Crippen LogP contribution is 2.09. The number of hydrogen-bond acceptors (Lipinski definition) is 5. The van der Waals surface area contributed by atoms with Gasteiger partial charge in [0, 0.05) is 32.4 Å². The Balaban J connectivity index is 2.49. The van der Waals surface area contributed by atoms with Gasteiger partial charge in [0.05, 0.1) is 12.1 Å². The zero-order valence-electron chi connectivity index (χ0n) is 10.8. The predicted octanol–water partition coefficient (Wildman–Crippen LogP) is -0.523. The first-order chi connectivity index (χ1) is 8.37. The van der Waals surface area contributed by atoms with Crippen LogP contribution in [0.15, 0.2) is 0 Å². The largest absolute Gasteiger partial charge is 0.339 e. The highest BCUT2D eigenvalue weighted by Gasteiger charge is 2.26. The summed E-state index contributed by atoms with van der Waals surface area (Å²) in [7, 11) is -3.27. The summed E-state index contributed by atoms with van der Waals surface area (Å²) in [5.41, 5.74) is 0. The molecule has 0 spiro atoms. The molecule has 0 bridgehead atoms. The summed E-state index contributed by atoms with van der Waals surface area (Å²) in [6.45, 7) is 4.19. The van der Waals surface area contributed by atoms with E-state index in [9.17, 15) is 13.2 Å². The Morgan fingerprint density at radius 2 is 1.89 bits per heavy atom. The van der Waals surface area contributed by atoms with Gasteiger partial charge in [-0.2, -0.15) is 5.26 Å². The molecule has 0 aromatic rings. The lowest BCUT2D eigenvalue weighted by molar-refractivity contribution is -0.130. The van der Waals surface area contributed by atoms with Crippen LogP contribution in [0.5, 0.6) is 0 Å². The van der Waals surface area contributed by atoms with E-state index in [0.29, 0.717) is 26.2 Å². The third kappa shape index (κ3) is 4.27. The maximum absolute atomic E-state index is 11.7. The minimum atomic E-state index is -3.27. The molecule has 0 N–H and O–H groups in total. The van der Waals surface area contributed by atoms with Crippen LogP contribution < -0.4 is 0 Å². The smallest absolute Gasteiger partial charge is 0.237 e. The number of nitrogens with zero attached hydrogens (tertiary/aromatic N) is 3. The van der Waals surface area contributed by atoms with Crippen LogP contribution in [0.3, 0.4) is 0 Å². The van der Waals surface area contributed by atoms with Gasteiger partial charge in [0.2, 0.25) is 5.91 Å². The number of nitriles is 1. The molecule has 1 fully saturated rings. The molecule has 0 radical (unpaired) electrons. The van der Waals surface area contributed by atoms with Crippen molar-refractivity contribution in [1.82, 2.24) is 9.80 Å². The molecule has 7 heteroatoms. The zero-order chi connectivity index (χ0) is 13.8. The molecule has 0 aliphatic carbocycles. The predicted molar refractivity (Wildman–Crippen MR) is 67.6 cm³/mol. The quantitative estimate of drug-likeness (QED) is 0.688. The fourth-order valence-electron chi connectivity index (χ4n) is 2.03. The fraction of sp³-hybridized carbons (Fsp3) is 0.818. The number of carbonyl (C=O) groups is 1. The molecule has 18 heavy (non-hydrogen) atoms. The van der Waals surface area contributed by atoms with Crippen LogP contribution >= 0.6 is 0 Å². The molecule has 0 aromatic heterocycles. The molecule has 0 aromatic carbocycles. The van der Waals surface area contributed by atoms with Gasteiger partial charge in [0.25, 0.3) is 0 Å². The van der Waals surface area contributed by atoms with Crippen LogP contribution in [0, 0.1) is 11.3 Å². The van der Waals surface area contributed by atoms with E-state index in [1.807, 2.05) is 11.8 Å². The molecular weight excluding hydrogens is 254 g/mol. The van der Waals surface area contributed by atoms with E-state index in [-0.39, 0.29) is 11.9 Å². The lowest BCUT2D eigenvalue weighted by Crippen LogP contribution is -2.52. The van der Waals surface area contributed by atoms with Gasteiger partial charge in [0.1, 0.15) is 5.75 Å². The van der Waals surface area contributed by atoms with Crippen LogP contribution in [-0.2, 0) is 14.6 Å². The summed E-state index contributed by atoms with van der Waals surface area (Å²) >= 11 is 0. The summed E-state index contributed by atoms with van der Waals surface area (Å²) in [5.74, 6) is -0.773. The van der Waals surface area contributed by atoms with E-state index < -0.39 is 15.6 Å². The number of rotatable bonds is 4. The molecule has 1 heterocycles. The zero-order valence-corrected chi connectivity index (χ0v) is 11.6. The lowest BCUT2D eigenvalue weighted by atomic mass is 10.2. The number of piperazine rings is 1. The molecule has 102 valence electrons. The standard InChI is InChI=1S/C11H19N3O3S/c1-3-10(8-12)13-4-6-14(7-5-13)11(15)9-18(2,16)17/h10H,3-7,9H2,1-2H3. The van der Waals surface area contributed by atoms with Crippen LogP contribution in [0.1, 0.15) is 13.3 Å². The van der Waals surface area contributed by atoms with Crippen molar-refractivity contribution < 1.29 is 13.2 Å². The Labute approximate surface area is 108 Å². The minimum Gasteiger partial charge on any atom is -0.339 e. The Kier molecular flexibility index (Phi) is 5.11. The highest BCUT2D eigenvalue weighted by molar-refractivity contribution is 7.91. The molecule has 1 aliphatic heterocycles. The molecule has 1 rings (SSSR count). The number of carbonyl (C=O) groups excluding carboxylic acids is 1. The van der Waals surface area contributed by atoms with E-state index in [0.717, 1.165) is 12.7 Å². The maximum atomic E-state index is 11.7. The van der Waals surface area contributed by atoms with Crippen molar-refractivity contribution >= 4 is 15.7 Å². The summed E-state index contributed by atoms with van der Waals surface area (Å²) in [5, 5.41) is 8.95. The van der Waals surface area contributed by atoms with Crippen LogP contribution in [0.4, 0.5) is 0 Å². The van der Waals surface area contributed by atoms with Crippen molar-refractivity contribution in [3.05, 3.63) is 0 Å². The number of amides is 1. The molecule has 1 saturated heterocycles. The molecule has 1 amide bonds. The molecule has 1 aliphatic rings. The molecule has 6 nitrogen and oxygen atoms in total. The van der Waals surface area contributed by atoms with Gasteiger partial charge in [-0.3, -0.25) is 9.69 Å². The van der Waals surface area contributed by atoms with Gasteiger partial charge >= 0.3 is 0 Å². The third-order valence-electron chi connectivity index (χ3n) is 3.03. The first-order valence-electron chi connectivity index (χ1n) is 5.96. The summed E-state index contributed by atoms with van der Waals surface area (Å²) in [6, 6.07) is 2.12. The Bertz CT molecular complexity index is 433. The topological polar surface area (TPSA) is 81.5 Å². The summed E-state index contributed by atoms with van der Waals surface area (Å²) in [6.07, 6.45) is 1.82. The van der Waals surface area contributed by atoms with Crippen molar-refractivity contribution in [3.63, 3.8) is 0 Å². The van der Waals surface area contributed by atoms with Crippen molar-refractivity contribution in [2.75, 3.05) is 38.2 Å². The van der Waals surface area contributed by atoms with Gasteiger partial charge in [-0.25, -0.2) is 8.42 Å². The molecular formula is C11H19N3O3S. The van der Waals surface area contributed by atoms with Gasteiger partial charge in [-0.15, -0.1) is 0 Å². The SMILES string of the molecule is CCC(C#N)N1CCN(C(=O)CS(C)(=O)=O)CC1. The first-order valence-corrected chi connectivity index (χ1v) is 8.02. The van der Waals surface area contributed by atoms with Crippen molar-refractivity contribution in [2.24, 2.45) is 0 Å². The van der Waals surface area contributed by atoms with Crippen molar-refractivity contribution in [1.29, 1.82) is 5.26 Å².